The van der Waals surface area contributed by atoms with Gasteiger partial charge in [0.05, 0.1) is 11.1 Å². The van der Waals surface area contributed by atoms with Crippen LogP contribution < -0.4 is 0 Å². The number of nitrogens with zero attached hydrogens (tertiary/aromatic N) is 1. The first-order valence-electron chi connectivity index (χ1n) is 5.95. The maximum atomic E-state index is 13.3. The normalized spacial score (nSPS) is 10.9. The first-order valence-corrected chi connectivity index (χ1v) is 5.95. The van der Waals surface area contributed by atoms with E-state index in [9.17, 15) is 14.3 Å². The van der Waals surface area contributed by atoms with Gasteiger partial charge in [-0.1, -0.05) is 0 Å². The summed E-state index contributed by atoms with van der Waals surface area (Å²) in [5.74, 6) is -0.406. The second kappa shape index (κ2) is 4.45. The fourth-order valence-electron chi connectivity index (χ4n) is 2.08. The Hall–Kier alpha value is -2.69. The predicted octanol–water partition coefficient (Wildman–Crippen LogP) is 3.64. The lowest BCUT2D eigenvalue weighted by Crippen LogP contribution is -2.00. The maximum absolute atomic E-state index is 13.3. The van der Waals surface area contributed by atoms with E-state index in [4.69, 9.17) is 4.42 Å². The van der Waals surface area contributed by atoms with Gasteiger partial charge in [-0.05, 0) is 37.3 Å². The molecule has 3 rings (SSSR count). The molecule has 1 aromatic carbocycles. The molecule has 5 heteroatoms. The molecule has 0 amide bonds. The van der Waals surface area contributed by atoms with Crippen LogP contribution in [0.5, 0.6) is 0 Å². The van der Waals surface area contributed by atoms with E-state index < -0.39 is 11.8 Å². The number of fused-ring (bicyclic) bond motifs is 1. The molecule has 100 valence electrons. The third kappa shape index (κ3) is 2.03. The van der Waals surface area contributed by atoms with Crippen molar-refractivity contribution in [2.24, 2.45) is 0 Å². The minimum absolute atomic E-state index is 0.0686. The van der Waals surface area contributed by atoms with Crippen LogP contribution in [-0.2, 0) is 0 Å². The summed E-state index contributed by atoms with van der Waals surface area (Å²) in [6.45, 7) is 1.78. The van der Waals surface area contributed by atoms with Crippen LogP contribution in [0.2, 0.25) is 0 Å². The Balaban J connectivity index is 2.32. The van der Waals surface area contributed by atoms with Crippen LogP contribution in [0.4, 0.5) is 4.39 Å². The summed E-state index contributed by atoms with van der Waals surface area (Å²) in [6, 6.07) is 8.73. The largest absolute Gasteiger partial charge is 0.478 e. The number of aryl methyl sites for hydroxylation is 1. The Kier molecular flexibility index (Phi) is 2.75. The summed E-state index contributed by atoms with van der Waals surface area (Å²) < 4.78 is 18.7. The standard InChI is InChI=1S/C15H10FNO3/c1-8-2-5-14(20-8)13-7-11(15(18)19)10-4-3-9(16)6-12(10)17-13/h2-7H,1H3,(H,18,19). The number of halogens is 1. The van der Waals surface area contributed by atoms with Crippen LogP contribution in [-0.4, -0.2) is 16.1 Å². The first kappa shape index (κ1) is 12.3. The highest BCUT2D eigenvalue weighted by molar-refractivity contribution is 6.03. The Bertz CT molecular complexity index is 823. The zero-order chi connectivity index (χ0) is 14.3. The van der Waals surface area contributed by atoms with Crippen molar-refractivity contribution in [3.63, 3.8) is 0 Å². The Morgan fingerprint density at radius 1 is 1.25 bits per heavy atom. The van der Waals surface area contributed by atoms with Crippen molar-refractivity contribution in [2.45, 2.75) is 6.92 Å². The molecule has 0 unspecified atom stereocenters. The van der Waals surface area contributed by atoms with Crippen LogP contribution in [0.3, 0.4) is 0 Å². The number of aromatic carboxylic acids is 1. The summed E-state index contributed by atoms with van der Waals surface area (Å²) >= 11 is 0. The number of carboxylic acids is 1. The molecule has 3 aromatic rings. The zero-order valence-electron chi connectivity index (χ0n) is 10.6. The molecule has 0 aliphatic heterocycles. The van der Waals surface area contributed by atoms with Crippen molar-refractivity contribution in [2.75, 3.05) is 0 Å². The maximum Gasteiger partial charge on any atom is 0.336 e. The molecule has 0 saturated heterocycles. The molecule has 1 N–H and O–H groups in total. The van der Waals surface area contributed by atoms with Gasteiger partial charge in [0.2, 0.25) is 0 Å². The lowest BCUT2D eigenvalue weighted by molar-refractivity contribution is 0.0699. The molecule has 0 radical (unpaired) electrons. The van der Waals surface area contributed by atoms with Crippen LogP contribution in [0.1, 0.15) is 16.1 Å². The van der Waals surface area contributed by atoms with Gasteiger partial charge in [0.1, 0.15) is 17.3 Å². The first-order chi connectivity index (χ1) is 9.54. The van der Waals surface area contributed by atoms with E-state index in [2.05, 4.69) is 4.98 Å². The third-order valence-electron chi connectivity index (χ3n) is 3.00. The lowest BCUT2D eigenvalue weighted by Gasteiger charge is -2.05. The summed E-state index contributed by atoms with van der Waals surface area (Å²) in [5.41, 5.74) is 0.724. The number of carbonyl (C=O) groups is 1. The molecule has 0 aliphatic carbocycles. The Labute approximate surface area is 113 Å². The molecule has 20 heavy (non-hydrogen) atoms. The highest BCUT2D eigenvalue weighted by atomic mass is 19.1. The summed E-state index contributed by atoms with van der Waals surface area (Å²) in [6.07, 6.45) is 0. The minimum Gasteiger partial charge on any atom is -0.478 e. The predicted molar refractivity (Wildman–Crippen MR) is 71.1 cm³/mol. The molecule has 0 fully saturated rings. The second-order valence-electron chi connectivity index (χ2n) is 4.43. The Morgan fingerprint density at radius 2 is 2.05 bits per heavy atom. The molecule has 2 heterocycles. The van der Waals surface area contributed by atoms with Gasteiger partial charge in [-0.15, -0.1) is 0 Å². The average molecular weight is 271 g/mol. The summed E-state index contributed by atoms with van der Waals surface area (Å²) in [4.78, 5) is 15.6. The number of benzene rings is 1. The van der Waals surface area contributed by atoms with Gasteiger partial charge in [-0.2, -0.15) is 0 Å². The van der Waals surface area contributed by atoms with Crippen molar-refractivity contribution in [1.29, 1.82) is 0 Å². The number of hydrogen-bond donors (Lipinski definition) is 1. The SMILES string of the molecule is Cc1ccc(-c2cc(C(=O)O)c3ccc(F)cc3n2)o1. The number of aromatic nitrogens is 1. The van der Waals surface area contributed by atoms with Crippen molar-refractivity contribution >= 4 is 16.9 Å². The Morgan fingerprint density at radius 3 is 2.70 bits per heavy atom. The van der Waals surface area contributed by atoms with E-state index in [0.717, 1.165) is 0 Å². The summed E-state index contributed by atoms with van der Waals surface area (Å²) in [5, 5.41) is 9.67. The van der Waals surface area contributed by atoms with E-state index in [1.54, 1.807) is 19.1 Å². The molecule has 0 aliphatic rings. The zero-order valence-corrected chi connectivity index (χ0v) is 10.6. The van der Waals surface area contributed by atoms with E-state index in [0.29, 0.717) is 22.6 Å². The van der Waals surface area contributed by atoms with Gasteiger partial charge in [-0.3, -0.25) is 0 Å². The number of furan rings is 1. The van der Waals surface area contributed by atoms with E-state index >= 15 is 0 Å². The van der Waals surface area contributed by atoms with Crippen LogP contribution >= 0.6 is 0 Å². The number of pyridine rings is 1. The van der Waals surface area contributed by atoms with Crippen molar-refractivity contribution < 1.29 is 18.7 Å². The summed E-state index contributed by atoms with van der Waals surface area (Å²) in [7, 11) is 0. The van der Waals surface area contributed by atoms with E-state index in [1.807, 2.05) is 0 Å². The fraction of sp³-hybridized carbons (Fsp3) is 0.0667. The molecular formula is C15H10FNO3. The van der Waals surface area contributed by atoms with Crippen molar-refractivity contribution in [1.82, 2.24) is 4.98 Å². The van der Waals surface area contributed by atoms with Crippen molar-refractivity contribution in [3.05, 3.63) is 53.5 Å². The second-order valence-corrected chi connectivity index (χ2v) is 4.43. The number of carboxylic acid groups (broad SMARTS) is 1. The quantitative estimate of drug-likeness (QED) is 0.772. The van der Waals surface area contributed by atoms with Gasteiger partial charge < -0.3 is 9.52 Å². The van der Waals surface area contributed by atoms with Gasteiger partial charge in [-0.25, -0.2) is 14.2 Å². The third-order valence-corrected chi connectivity index (χ3v) is 3.00. The smallest absolute Gasteiger partial charge is 0.336 e. The minimum atomic E-state index is -1.09. The van der Waals surface area contributed by atoms with Gasteiger partial charge in [0, 0.05) is 11.5 Å². The van der Waals surface area contributed by atoms with Crippen LogP contribution in [0.15, 0.2) is 40.8 Å². The van der Waals surface area contributed by atoms with Crippen LogP contribution in [0, 0.1) is 12.7 Å². The molecule has 0 spiro atoms. The average Bonchev–Trinajstić information content (AvgIpc) is 2.83. The van der Waals surface area contributed by atoms with Gasteiger partial charge >= 0.3 is 5.97 Å². The highest BCUT2D eigenvalue weighted by Gasteiger charge is 2.15. The van der Waals surface area contributed by atoms with Gasteiger partial charge in [0.25, 0.3) is 0 Å². The molecule has 0 saturated carbocycles. The molecule has 2 aromatic heterocycles. The van der Waals surface area contributed by atoms with E-state index in [-0.39, 0.29) is 11.1 Å². The lowest BCUT2D eigenvalue weighted by atomic mass is 10.1. The number of rotatable bonds is 2. The van der Waals surface area contributed by atoms with Crippen LogP contribution in [0.25, 0.3) is 22.4 Å². The fourth-order valence-corrected chi connectivity index (χ4v) is 2.08. The van der Waals surface area contributed by atoms with Crippen molar-refractivity contribution in [3.8, 4) is 11.5 Å². The molecule has 0 bridgehead atoms. The highest BCUT2D eigenvalue weighted by Crippen LogP contribution is 2.26. The topological polar surface area (TPSA) is 63.3 Å². The van der Waals surface area contributed by atoms with E-state index in [1.165, 1.54) is 24.3 Å². The molecule has 4 nitrogen and oxygen atoms in total. The molecular weight excluding hydrogens is 261 g/mol. The number of hydrogen-bond acceptors (Lipinski definition) is 3. The molecule has 0 atom stereocenters. The van der Waals surface area contributed by atoms with Gasteiger partial charge in [0.15, 0.2) is 5.76 Å². The monoisotopic (exact) mass is 271 g/mol.